The number of rotatable bonds is 8. The number of sulfone groups is 1. The number of carbonyl (C=O) groups is 1. The molecule has 2 unspecified atom stereocenters. The molecule has 0 aliphatic carbocycles. The Bertz CT molecular complexity index is 971. The molecule has 1 heterocycles. The van der Waals surface area contributed by atoms with Gasteiger partial charge in [0.05, 0.1) is 17.3 Å². The number of hydroxylamine groups is 2. The van der Waals surface area contributed by atoms with Gasteiger partial charge in [-0.25, -0.2) is 13.5 Å². The first-order chi connectivity index (χ1) is 14.1. The first-order valence-corrected chi connectivity index (χ1v) is 11.1. The van der Waals surface area contributed by atoms with Crippen LogP contribution in [0.3, 0.4) is 0 Å². The van der Waals surface area contributed by atoms with Crippen molar-refractivity contribution in [2.24, 2.45) is 0 Å². The summed E-state index contributed by atoms with van der Waals surface area (Å²) in [6.45, 7) is 5.38. The zero-order chi connectivity index (χ0) is 21.9. The van der Waals surface area contributed by atoms with Crippen LogP contribution in [0.1, 0.15) is 19.4 Å². The maximum absolute atomic E-state index is 12.9. The Morgan fingerprint density at radius 1 is 1.17 bits per heavy atom. The van der Waals surface area contributed by atoms with E-state index in [2.05, 4.69) is 0 Å². The lowest BCUT2D eigenvalue weighted by atomic mass is 10.2. The van der Waals surface area contributed by atoms with Gasteiger partial charge in [-0.2, -0.15) is 0 Å². The number of ether oxygens (including phenoxy) is 3. The second-order valence-electron chi connectivity index (χ2n) is 7.59. The van der Waals surface area contributed by atoms with Crippen molar-refractivity contribution in [2.45, 2.75) is 43.6 Å². The molecule has 0 saturated carbocycles. The molecule has 2 aromatic rings. The highest BCUT2D eigenvalue weighted by Gasteiger charge is 2.41. The van der Waals surface area contributed by atoms with Gasteiger partial charge in [0.15, 0.2) is 15.6 Å². The molecule has 1 N–H and O–H groups in total. The zero-order valence-corrected chi connectivity index (χ0v) is 17.8. The fourth-order valence-electron chi connectivity index (χ4n) is 3.12. The van der Waals surface area contributed by atoms with E-state index in [1.807, 2.05) is 31.2 Å². The maximum Gasteiger partial charge on any atom is 0.233 e. The van der Waals surface area contributed by atoms with Gasteiger partial charge in [-0.3, -0.25) is 10.0 Å². The highest BCUT2D eigenvalue weighted by atomic mass is 32.2. The Balaban J connectivity index is 1.74. The van der Waals surface area contributed by atoms with E-state index in [4.69, 9.17) is 14.2 Å². The Labute approximate surface area is 175 Å². The van der Waals surface area contributed by atoms with Crippen LogP contribution >= 0.6 is 0 Å². The Kier molecular flexibility index (Phi) is 6.47. The van der Waals surface area contributed by atoms with Crippen molar-refractivity contribution in [3.05, 3.63) is 54.1 Å². The molecule has 2 atom stereocenters. The van der Waals surface area contributed by atoms with Gasteiger partial charge in [-0.05, 0) is 57.2 Å². The molecule has 0 aromatic heterocycles. The number of carbonyl (C=O) groups excluding carboxylic acids is 1. The smallest absolute Gasteiger partial charge is 0.233 e. The zero-order valence-electron chi connectivity index (χ0n) is 17.0. The highest BCUT2D eigenvalue weighted by molar-refractivity contribution is 7.91. The Morgan fingerprint density at radius 2 is 1.73 bits per heavy atom. The number of hydrogen-bond donors (Lipinski definition) is 1. The summed E-state index contributed by atoms with van der Waals surface area (Å²) in [7, 11) is -3.84. The van der Waals surface area contributed by atoms with E-state index in [-0.39, 0.29) is 17.9 Å². The molecule has 1 fully saturated rings. The van der Waals surface area contributed by atoms with Crippen LogP contribution in [0.2, 0.25) is 0 Å². The molecular formula is C21H25NO7S. The predicted molar refractivity (Wildman–Crippen MR) is 108 cm³/mol. The molecule has 9 heteroatoms. The van der Waals surface area contributed by atoms with Crippen molar-refractivity contribution in [1.82, 2.24) is 5.06 Å². The van der Waals surface area contributed by atoms with E-state index >= 15 is 0 Å². The van der Waals surface area contributed by atoms with Crippen LogP contribution in [0.15, 0.2) is 53.4 Å². The minimum Gasteiger partial charge on any atom is -0.457 e. The predicted octanol–water partition coefficient (Wildman–Crippen LogP) is 2.93. The summed E-state index contributed by atoms with van der Waals surface area (Å²) in [5.74, 6) is -0.324. The summed E-state index contributed by atoms with van der Waals surface area (Å²) in [5, 5.41) is 10.3. The SMILES string of the molecule is Cc1ccc(Oc2ccc(S(=O)(=O)CC(C3COC(C)(C)O3)N(O)C=O)cc2)cc1. The Morgan fingerprint density at radius 3 is 2.23 bits per heavy atom. The van der Waals surface area contributed by atoms with Gasteiger partial charge in [-0.15, -0.1) is 0 Å². The third-order valence-corrected chi connectivity index (χ3v) is 6.51. The van der Waals surface area contributed by atoms with Crippen molar-refractivity contribution in [2.75, 3.05) is 12.4 Å². The van der Waals surface area contributed by atoms with Crippen LogP contribution in [0.25, 0.3) is 0 Å². The van der Waals surface area contributed by atoms with Crippen molar-refractivity contribution in [1.29, 1.82) is 0 Å². The van der Waals surface area contributed by atoms with Crippen LogP contribution in [-0.4, -0.2) is 55.4 Å². The topological polar surface area (TPSA) is 102 Å². The summed E-state index contributed by atoms with van der Waals surface area (Å²) in [6, 6.07) is 12.3. The van der Waals surface area contributed by atoms with Crippen molar-refractivity contribution >= 4 is 16.2 Å². The molecular weight excluding hydrogens is 410 g/mol. The number of aryl methyl sites for hydroxylation is 1. The van der Waals surface area contributed by atoms with Gasteiger partial charge in [0.1, 0.15) is 23.6 Å². The summed E-state index contributed by atoms with van der Waals surface area (Å²) < 4.78 is 42.6. The average Bonchev–Trinajstić information content (AvgIpc) is 3.07. The van der Waals surface area contributed by atoms with E-state index in [9.17, 15) is 18.4 Å². The first-order valence-electron chi connectivity index (χ1n) is 9.41. The third kappa shape index (κ3) is 5.37. The van der Waals surface area contributed by atoms with Crippen molar-refractivity contribution in [3.63, 3.8) is 0 Å². The lowest BCUT2D eigenvalue weighted by Crippen LogP contribution is -2.47. The van der Waals surface area contributed by atoms with E-state index in [0.717, 1.165) is 5.56 Å². The molecule has 1 aliphatic rings. The molecule has 1 aliphatic heterocycles. The van der Waals surface area contributed by atoms with Gasteiger partial charge in [0, 0.05) is 0 Å². The molecule has 0 radical (unpaired) electrons. The minimum absolute atomic E-state index is 0.0428. The van der Waals surface area contributed by atoms with Crippen LogP contribution in [0, 0.1) is 6.92 Å². The number of hydrogen-bond acceptors (Lipinski definition) is 7. The van der Waals surface area contributed by atoms with Crippen LogP contribution in [0.5, 0.6) is 11.5 Å². The molecule has 3 rings (SSSR count). The van der Waals surface area contributed by atoms with Crippen LogP contribution in [-0.2, 0) is 24.1 Å². The van der Waals surface area contributed by atoms with Crippen molar-refractivity contribution < 1.29 is 32.6 Å². The van der Waals surface area contributed by atoms with E-state index < -0.39 is 33.5 Å². The monoisotopic (exact) mass is 435 g/mol. The molecule has 1 amide bonds. The number of amides is 1. The molecule has 8 nitrogen and oxygen atoms in total. The van der Waals surface area contributed by atoms with E-state index in [1.165, 1.54) is 12.1 Å². The standard InChI is InChI=1S/C21H25NO7S/c1-15-4-6-16(7-5-15)28-17-8-10-18(11-9-17)30(25,26)13-19(22(24)14-23)20-12-27-21(2,3)29-20/h4-11,14,19-20,24H,12-13H2,1-3H3. The van der Waals surface area contributed by atoms with Gasteiger partial charge >= 0.3 is 0 Å². The maximum atomic E-state index is 12.9. The molecule has 2 aromatic carbocycles. The minimum atomic E-state index is -3.84. The second kappa shape index (κ2) is 8.73. The van der Waals surface area contributed by atoms with Gasteiger partial charge in [-0.1, -0.05) is 17.7 Å². The lowest BCUT2D eigenvalue weighted by Gasteiger charge is -2.27. The van der Waals surface area contributed by atoms with Gasteiger partial charge in [0.25, 0.3) is 0 Å². The fourth-order valence-corrected chi connectivity index (χ4v) is 4.68. The average molecular weight is 435 g/mol. The van der Waals surface area contributed by atoms with Gasteiger partial charge < -0.3 is 14.2 Å². The normalized spacial score (nSPS) is 19.3. The van der Waals surface area contributed by atoms with Crippen LogP contribution in [0.4, 0.5) is 0 Å². The summed E-state index contributed by atoms with van der Waals surface area (Å²) >= 11 is 0. The Hall–Kier alpha value is -2.46. The number of nitrogens with zero attached hydrogens (tertiary/aromatic N) is 1. The fraction of sp³-hybridized carbons (Fsp3) is 0.381. The van der Waals surface area contributed by atoms with Crippen molar-refractivity contribution in [3.8, 4) is 11.5 Å². The quantitative estimate of drug-likeness (QED) is 0.386. The highest BCUT2D eigenvalue weighted by Crippen LogP contribution is 2.28. The van der Waals surface area contributed by atoms with Gasteiger partial charge in [0.2, 0.25) is 6.41 Å². The first kappa shape index (κ1) is 22.2. The van der Waals surface area contributed by atoms with Crippen LogP contribution < -0.4 is 4.74 Å². The molecule has 0 spiro atoms. The molecule has 30 heavy (non-hydrogen) atoms. The largest absolute Gasteiger partial charge is 0.457 e. The summed E-state index contributed by atoms with van der Waals surface area (Å²) in [4.78, 5) is 11.1. The molecule has 1 saturated heterocycles. The third-order valence-electron chi connectivity index (χ3n) is 4.74. The second-order valence-corrected chi connectivity index (χ2v) is 9.62. The molecule has 162 valence electrons. The summed E-state index contributed by atoms with van der Waals surface area (Å²) in [5.41, 5.74) is 1.10. The van der Waals surface area contributed by atoms with E-state index in [0.29, 0.717) is 16.6 Å². The molecule has 0 bridgehead atoms. The lowest BCUT2D eigenvalue weighted by molar-refractivity contribution is -0.182. The van der Waals surface area contributed by atoms with E-state index in [1.54, 1.807) is 26.0 Å². The number of benzene rings is 2. The summed E-state index contributed by atoms with van der Waals surface area (Å²) in [6.07, 6.45) is -0.623.